The minimum atomic E-state index is -0.563. The lowest BCUT2D eigenvalue weighted by Crippen LogP contribution is -2.33. The summed E-state index contributed by atoms with van der Waals surface area (Å²) in [5.41, 5.74) is 2.31. The average molecular weight is 295 g/mol. The van der Waals surface area contributed by atoms with Crippen molar-refractivity contribution in [2.24, 2.45) is 0 Å². The minimum Gasteiger partial charge on any atom is -0.491 e. The number of aliphatic hydroxyl groups excluding tert-OH is 1. The SMILES string of the molecule is C#CCN(C)CC(O)COc1ccc(-c2ccccc2)cc1. The Morgan fingerprint density at radius 1 is 1.09 bits per heavy atom. The lowest BCUT2D eigenvalue weighted by molar-refractivity contribution is 0.0800. The molecule has 2 aromatic rings. The molecule has 1 N–H and O–H groups in total. The summed E-state index contributed by atoms with van der Waals surface area (Å²) in [6.07, 6.45) is 4.66. The Bertz CT molecular complexity index is 602. The molecule has 22 heavy (non-hydrogen) atoms. The molecular weight excluding hydrogens is 274 g/mol. The largest absolute Gasteiger partial charge is 0.491 e. The fraction of sp³-hybridized carbons (Fsp3) is 0.263. The molecule has 0 heterocycles. The Morgan fingerprint density at radius 3 is 2.36 bits per heavy atom. The van der Waals surface area contributed by atoms with Crippen LogP contribution in [-0.2, 0) is 0 Å². The zero-order chi connectivity index (χ0) is 15.8. The van der Waals surface area contributed by atoms with Gasteiger partial charge in [0.1, 0.15) is 18.5 Å². The fourth-order valence-corrected chi connectivity index (χ4v) is 2.20. The number of hydrogen-bond acceptors (Lipinski definition) is 3. The molecule has 0 aromatic heterocycles. The molecule has 114 valence electrons. The Balaban J connectivity index is 1.86. The maximum absolute atomic E-state index is 9.90. The molecule has 2 aromatic carbocycles. The third-order valence-corrected chi connectivity index (χ3v) is 3.29. The highest BCUT2D eigenvalue weighted by molar-refractivity contribution is 5.63. The van der Waals surface area contributed by atoms with Crippen LogP contribution in [0.2, 0.25) is 0 Å². The van der Waals surface area contributed by atoms with E-state index in [1.54, 1.807) is 0 Å². The van der Waals surface area contributed by atoms with E-state index in [1.165, 1.54) is 5.56 Å². The van der Waals surface area contributed by atoms with E-state index in [9.17, 15) is 5.11 Å². The summed E-state index contributed by atoms with van der Waals surface area (Å²) in [5.74, 6) is 3.29. The van der Waals surface area contributed by atoms with Gasteiger partial charge in [-0.15, -0.1) is 6.42 Å². The first-order chi connectivity index (χ1) is 10.7. The molecule has 0 aliphatic carbocycles. The summed E-state index contributed by atoms with van der Waals surface area (Å²) in [5, 5.41) is 9.90. The van der Waals surface area contributed by atoms with E-state index >= 15 is 0 Å². The van der Waals surface area contributed by atoms with Crippen LogP contribution in [0.5, 0.6) is 5.75 Å². The van der Waals surface area contributed by atoms with Gasteiger partial charge in [0, 0.05) is 6.54 Å². The third kappa shape index (κ3) is 4.92. The second kappa shape index (κ2) is 8.23. The van der Waals surface area contributed by atoms with E-state index < -0.39 is 6.10 Å². The van der Waals surface area contributed by atoms with Crippen LogP contribution in [0.15, 0.2) is 54.6 Å². The zero-order valence-electron chi connectivity index (χ0n) is 12.8. The van der Waals surface area contributed by atoms with Crippen LogP contribution in [-0.4, -0.2) is 42.9 Å². The van der Waals surface area contributed by atoms with Gasteiger partial charge in [0.25, 0.3) is 0 Å². The maximum atomic E-state index is 9.90. The van der Waals surface area contributed by atoms with E-state index in [-0.39, 0.29) is 6.61 Å². The summed E-state index contributed by atoms with van der Waals surface area (Å²) in [6.45, 7) is 1.26. The third-order valence-electron chi connectivity index (χ3n) is 3.29. The molecule has 0 radical (unpaired) electrons. The van der Waals surface area contributed by atoms with Gasteiger partial charge in [-0.25, -0.2) is 0 Å². The van der Waals surface area contributed by atoms with Crippen molar-refractivity contribution in [3.8, 4) is 29.2 Å². The lowest BCUT2D eigenvalue weighted by atomic mass is 10.1. The molecule has 0 aliphatic heterocycles. The molecule has 3 heteroatoms. The van der Waals surface area contributed by atoms with Gasteiger partial charge in [-0.05, 0) is 30.3 Å². The lowest BCUT2D eigenvalue weighted by Gasteiger charge is -2.18. The van der Waals surface area contributed by atoms with Crippen molar-refractivity contribution >= 4 is 0 Å². The van der Waals surface area contributed by atoms with Crippen LogP contribution in [0.4, 0.5) is 0 Å². The van der Waals surface area contributed by atoms with E-state index in [0.717, 1.165) is 11.3 Å². The standard InChI is InChI=1S/C19H21NO2/c1-3-13-20(2)14-18(21)15-22-19-11-9-17(10-12-19)16-7-5-4-6-8-16/h1,4-12,18,21H,13-15H2,2H3. The molecule has 0 saturated carbocycles. The Morgan fingerprint density at radius 2 is 1.73 bits per heavy atom. The number of terminal acetylenes is 1. The smallest absolute Gasteiger partial charge is 0.119 e. The van der Waals surface area contributed by atoms with Crippen molar-refractivity contribution in [3.63, 3.8) is 0 Å². The highest BCUT2D eigenvalue weighted by Gasteiger charge is 2.08. The first kappa shape index (κ1) is 16.1. The van der Waals surface area contributed by atoms with Gasteiger partial charge >= 0.3 is 0 Å². The Kier molecular flexibility index (Phi) is 6.02. The van der Waals surface area contributed by atoms with Crippen molar-refractivity contribution in [2.45, 2.75) is 6.10 Å². The molecule has 2 rings (SSSR count). The normalized spacial score (nSPS) is 11.9. The summed E-state index contributed by atoms with van der Waals surface area (Å²) >= 11 is 0. The molecule has 0 amide bonds. The van der Waals surface area contributed by atoms with Gasteiger partial charge in [0.05, 0.1) is 6.54 Å². The number of hydrogen-bond donors (Lipinski definition) is 1. The van der Waals surface area contributed by atoms with Crippen LogP contribution in [0, 0.1) is 12.3 Å². The van der Waals surface area contributed by atoms with Gasteiger partial charge in [-0.1, -0.05) is 48.4 Å². The second-order valence-corrected chi connectivity index (χ2v) is 5.26. The van der Waals surface area contributed by atoms with Crippen LogP contribution in [0.25, 0.3) is 11.1 Å². The van der Waals surface area contributed by atoms with Crippen LogP contribution in [0.3, 0.4) is 0 Å². The summed E-state index contributed by atoms with van der Waals surface area (Å²) < 4.78 is 5.61. The van der Waals surface area contributed by atoms with E-state index in [4.69, 9.17) is 11.2 Å². The minimum absolute atomic E-state index is 0.250. The van der Waals surface area contributed by atoms with Gasteiger partial charge in [-0.3, -0.25) is 4.90 Å². The van der Waals surface area contributed by atoms with Crippen LogP contribution >= 0.6 is 0 Å². The topological polar surface area (TPSA) is 32.7 Å². The highest BCUT2D eigenvalue weighted by Crippen LogP contribution is 2.22. The van der Waals surface area contributed by atoms with Gasteiger partial charge in [-0.2, -0.15) is 0 Å². The first-order valence-electron chi connectivity index (χ1n) is 7.27. The highest BCUT2D eigenvalue weighted by atomic mass is 16.5. The van der Waals surface area contributed by atoms with E-state index in [0.29, 0.717) is 13.1 Å². The molecule has 0 fully saturated rings. The van der Waals surface area contributed by atoms with E-state index in [1.807, 2.05) is 54.4 Å². The van der Waals surface area contributed by atoms with Gasteiger partial charge in [0.15, 0.2) is 0 Å². The van der Waals surface area contributed by atoms with Crippen LogP contribution in [0.1, 0.15) is 0 Å². The zero-order valence-corrected chi connectivity index (χ0v) is 12.8. The summed E-state index contributed by atoms with van der Waals surface area (Å²) in [7, 11) is 1.87. The number of benzene rings is 2. The van der Waals surface area contributed by atoms with Crippen molar-refractivity contribution in [1.82, 2.24) is 4.90 Å². The molecule has 1 atom stereocenters. The predicted octanol–water partition coefficient (Wildman–Crippen LogP) is 2.66. The van der Waals surface area contributed by atoms with Crippen molar-refractivity contribution in [2.75, 3.05) is 26.7 Å². The molecule has 0 bridgehead atoms. The second-order valence-electron chi connectivity index (χ2n) is 5.26. The number of aliphatic hydroxyl groups is 1. The summed E-state index contributed by atoms with van der Waals surface area (Å²) in [6, 6.07) is 18.0. The molecule has 0 spiro atoms. The van der Waals surface area contributed by atoms with Crippen molar-refractivity contribution in [3.05, 3.63) is 54.6 Å². The van der Waals surface area contributed by atoms with Crippen molar-refractivity contribution < 1.29 is 9.84 Å². The number of likely N-dealkylation sites (N-methyl/N-ethyl adjacent to an activating group) is 1. The number of nitrogens with zero attached hydrogens (tertiary/aromatic N) is 1. The summed E-state index contributed by atoms with van der Waals surface area (Å²) in [4.78, 5) is 1.88. The molecule has 0 saturated heterocycles. The Labute approximate surface area is 132 Å². The van der Waals surface area contributed by atoms with Gasteiger partial charge in [0.2, 0.25) is 0 Å². The fourth-order valence-electron chi connectivity index (χ4n) is 2.20. The average Bonchev–Trinajstić information content (AvgIpc) is 2.54. The number of ether oxygens (including phenoxy) is 1. The monoisotopic (exact) mass is 295 g/mol. The van der Waals surface area contributed by atoms with Gasteiger partial charge < -0.3 is 9.84 Å². The molecular formula is C19H21NO2. The predicted molar refractivity (Wildman–Crippen MR) is 89.7 cm³/mol. The molecule has 1 unspecified atom stereocenters. The van der Waals surface area contributed by atoms with Crippen molar-refractivity contribution in [1.29, 1.82) is 0 Å². The number of rotatable bonds is 7. The van der Waals surface area contributed by atoms with Crippen LogP contribution < -0.4 is 4.74 Å². The maximum Gasteiger partial charge on any atom is 0.119 e. The molecule has 0 aliphatic rings. The van der Waals surface area contributed by atoms with E-state index in [2.05, 4.69) is 18.1 Å². The quantitative estimate of drug-likeness (QED) is 0.797. The first-order valence-corrected chi connectivity index (χ1v) is 7.27. The Hall–Kier alpha value is -2.28. The molecule has 3 nitrogen and oxygen atoms in total.